The van der Waals surface area contributed by atoms with Crippen LogP contribution in [0.15, 0.2) is 0 Å². The van der Waals surface area contributed by atoms with Crippen molar-refractivity contribution in [2.75, 3.05) is 6.54 Å². The topological polar surface area (TPSA) is 59.6 Å². The number of nitrogens with zero attached hydrogens (tertiary/aromatic N) is 2. The molecule has 1 fully saturated rings. The molecule has 1 rings (SSSR count). The van der Waals surface area contributed by atoms with Crippen LogP contribution in [0.5, 0.6) is 0 Å². The first-order chi connectivity index (χ1) is 6.83. The lowest BCUT2D eigenvalue weighted by Gasteiger charge is -2.21. The minimum Gasteiger partial charge on any atom is -0.299 e. The molecular formula is C11H17N3. The lowest BCUT2D eigenvalue weighted by molar-refractivity contribution is 0.416. The van der Waals surface area contributed by atoms with Gasteiger partial charge in [-0.15, -0.1) is 0 Å². The molecule has 76 valence electrons. The maximum Gasteiger partial charge on any atom is 0.106 e. The van der Waals surface area contributed by atoms with Crippen LogP contribution in [-0.4, -0.2) is 12.1 Å². The number of nitrogens with one attached hydrogen (secondary N) is 1. The van der Waals surface area contributed by atoms with Crippen LogP contribution < -0.4 is 5.32 Å². The Labute approximate surface area is 85.7 Å². The minimum atomic E-state index is -0.243. The second-order valence-corrected chi connectivity index (χ2v) is 3.94. The van der Waals surface area contributed by atoms with E-state index in [0.717, 1.165) is 32.2 Å². The van der Waals surface area contributed by atoms with Gasteiger partial charge in [0.25, 0.3) is 0 Å². The molecular weight excluding hydrogens is 174 g/mol. The maximum atomic E-state index is 9.05. The second-order valence-electron chi connectivity index (χ2n) is 3.94. The van der Waals surface area contributed by atoms with Crippen LogP contribution in [0.25, 0.3) is 0 Å². The first kappa shape index (κ1) is 11.0. The third kappa shape index (κ3) is 3.01. The van der Waals surface area contributed by atoms with Gasteiger partial charge in [0, 0.05) is 6.42 Å². The molecule has 1 saturated carbocycles. The van der Waals surface area contributed by atoms with E-state index < -0.39 is 0 Å². The summed E-state index contributed by atoms with van der Waals surface area (Å²) in [6.07, 6.45) is 6.87. The fourth-order valence-corrected chi connectivity index (χ4v) is 1.96. The van der Waals surface area contributed by atoms with Gasteiger partial charge in [-0.05, 0) is 32.2 Å². The van der Waals surface area contributed by atoms with Crippen molar-refractivity contribution in [3.05, 3.63) is 0 Å². The van der Waals surface area contributed by atoms with E-state index in [0.29, 0.717) is 6.42 Å². The average molecular weight is 191 g/mol. The maximum absolute atomic E-state index is 9.05. The summed E-state index contributed by atoms with van der Waals surface area (Å²) in [5, 5.41) is 20.7. The Balaban J connectivity index is 2.16. The molecule has 3 heteroatoms. The fraction of sp³-hybridized carbons (Fsp3) is 0.818. The molecule has 0 aromatic heterocycles. The zero-order valence-corrected chi connectivity index (χ0v) is 8.55. The van der Waals surface area contributed by atoms with Crippen LogP contribution in [-0.2, 0) is 0 Å². The van der Waals surface area contributed by atoms with E-state index in [9.17, 15) is 0 Å². The van der Waals surface area contributed by atoms with E-state index >= 15 is 0 Å². The molecule has 1 N–H and O–H groups in total. The Bertz CT molecular complexity index is 240. The summed E-state index contributed by atoms with van der Waals surface area (Å²) in [6, 6.07) is 4.52. The predicted molar refractivity (Wildman–Crippen MR) is 54.3 cm³/mol. The van der Waals surface area contributed by atoms with Gasteiger partial charge in [-0.25, -0.2) is 0 Å². The molecule has 1 aliphatic carbocycles. The first-order valence-electron chi connectivity index (χ1n) is 5.36. The molecule has 0 heterocycles. The van der Waals surface area contributed by atoms with Crippen molar-refractivity contribution in [3.8, 4) is 12.1 Å². The lowest BCUT2D eigenvalue weighted by atomic mass is 10.00. The third-order valence-electron chi connectivity index (χ3n) is 2.85. The van der Waals surface area contributed by atoms with E-state index in [1.165, 1.54) is 12.8 Å². The largest absolute Gasteiger partial charge is 0.299 e. The highest BCUT2D eigenvalue weighted by Crippen LogP contribution is 2.28. The molecule has 0 unspecified atom stereocenters. The van der Waals surface area contributed by atoms with Crippen LogP contribution in [0.3, 0.4) is 0 Å². The Morgan fingerprint density at radius 1 is 1.14 bits per heavy atom. The Kier molecular flexibility index (Phi) is 4.43. The molecule has 0 amide bonds. The molecule has 14 heavy (non-hydrogen) atoms. The van der Waals surface area contributed by atoms with Crippen molar-refractivity contribution >= 4 is 0 Å². The van der Waals surface area contributed by atoms with E-state index in [2.05, 4.69) is 17.5 Å². The van der Waals surface area contributed by atoms with Gasteiger partial charge in [0.15, 0.2) is 0 Å². The quantitative estimate of drug-likeness (QED) is 0.677. The number of rotatable bonds is 5. The van der Waals surface area contributed by atoms with E-state index in [1.807, 2.05) is 0 Å². The summed E-state index contributed by atoms with van der Waals surface area (Å²) in [7, 11) is 0. The third-order valence-corrected chi connectivity index (χ3v) is 2.85. The predicted octanol–water partition coefficient (Wildman–Crippen LogP) is 2.11. The highest BCUT2D eigenvalue weighted by molar-refractivity contribution is 5.09. The van der Waals surface area contributed by atoms with Gasteiger partial charge < -0.3 is 0 Å². The highest BCUT2D eigenvalue weighted by atomic mass is 15.0. The summed E-state index contributed by atoms with van der Waals surface area (Å²) in [6.45, 7) is 0.870. The molecule has 0 aliphatic heterocycles. The van der Waals surface area contributed by atoms with Gasteiger partial charge >= 0.3 is 0 Å². The zero-order valence-electron chi connectivity index (χ0n) is 8.55. The van der Waals surface area contributed by atoms with Crippen LogP contribution in [0.1, 0.15) is 44.9 Å². The van der Waals surface area contributed by atoms with E-state index in [4.69, 9.17) is 10.5 Å². The van der Waals surface area contributed by atoms with Crippen LogP contribution in [0.2, 0.25) is 0 Å². The normalized spacial score (nSPS) is 18.7. The minimum absolute atomic E-state index is 0.243. The Hall–Kier alpha value is -1.06. The summed E-state index contributed by atoms with van der Waals surface area (Å²) in [4.78, 5) is 0. The Morgan fingerprint density at radius 2 is 1.86 bits per heavy atom. The van der Waals surface area contributed by atoms with Gasteiger partial charge in [0.2, 0.25) is 0 Å². The van der Waals surface area contributed by atoms with Crippen molar-refractivity contribution in [2.24, 2.45) is 0 Å². The van der Waals surface area contributed by atoms with Crippen molar-refractivity contribution in [2.45, 2.75) is 50.5 Å². The lowest BCUT2D eigenvalue weighted by Crippen LogP contribution is -2.41. The van der Waals surface area contributed by atoms with Crippen molar-refractivity contribution in [1.82, 2.24) is 5.32 Å². The SMILES string of the molecule is N#CCCCCNC1(C#N)CCCC1. The smallest absolute Gasteiger partial charge is 0.106 e. The molecule has 3 nitrogen and oxygen atoms in total. The standard InChI is InChI=1S/C11H17N3/c12-8-4-1-5-9-14-11(10-13)6-2-3-7-11/h14H,1-7,9H2. The molecule has 0 bridgehead atoms. The molecule has 0 spiro atoms. The van der Waals surface area contributed by atoms with Crippen LogP contribution in [0.4, 0.5) is 0 Å². The zero-order chi connectivity index (χ0) is 10.3. The molecule has 0 atom stereocenters. The molecule has 1 aliphatic rings. The average Bonchev–Trinajstić information content (AvgIpc) is 2.67. The highest BCUT2D eigenvalue weighted by Gasteiger charge is 2.32. The number of nitriles is 2. The summed E-state index contributed by atoms with van der Waals surface area (Å²) < 4.78 is 0. The number of hydrogen-bond acceptors (Lipinski definition) is 3. The summed E-state index contributed by atoms with van der Waals surface area (Å²) in [5.41, 5.74) is -0.243. The number of unbranched alkanes of at least 4 members (excludes halogenated alkanes) is 2. The van der Waals surface area contributed by atoms with Crippen molar-refractivity contribution in [1.29, 1.82) is 10.5 Å². The van der Waals surface area contributed by atoms with Crippen molar-refractivity contribution < 1.29 is 0 Å². The van der Waals surface area contributed by atoms with Gasteiger partial charge in [-0.1, -0.05) is 12.8 Å². The van der Waals surface area contributed by atoms with Gasteiger partial charge in [0.1, 0.15) is 5.54 Å². The summed E-state index contributed by atoms with van der Waals surface area (Å²) in [5.74, 6) is 0. The van der Waals surface area contributed by atoms with E-state index in [-0.39, 0.29) is 5.54 Å². The monoisotopic (exact) mass is 191 g/mol. The molecule has 0 aromatic rings. The summed E-state index contributed by atoms with van der Waals surface area (Å²) >= 11 is 0. The molecule has 0 saturated heterocycles. The second kappa shape index (κ2) is 5.62. The first-order valence-corrected chi connectivity index (χ1v) is 5.36. The van der Waals surface area contributed by atoms with E-state index in [1.54, 1.807) is 0 Å². The number of hydrogen-bond donors (Lipinski definition) is 1. The fourth-order valence-electron chi connectivity index (χ4n) is 1.96. The van der Waals surface area contributed by atoms with Crippen LogP contribution in [0, 0.1) is 22.7 Å². The van der Waals surface area contributed by atoms with Gasteiger partial charge in [0.05, 0.1) is 12.1 Å². The van der Waals surface area contributed by atoms with Crippen molar-refractivity contribution in [3.63, 3.8) is 0 Å². The molecule has 0 aromatic carbocycles. The van der Waals surface area contributed by atoms with Gasteiger partial charge in [-0.2, -0.15) is 10.5 Å². The molecule has 0 radical (unpaired) electrons. The Morgan fingerprint density at radius 3 is 2.43 bits per heavy atom. The van der Waals surface area contributed by atoms with Crippen LogP contribution >= 0.6 is 0 Å². The van der Waals surface area contributed by atoms with Gasteiger partial charge in [-0.3, -0.25) is 5.32 Å².